The summed E-state index contributed by atoms with van der Waals surface area (Å²) in [7, 11) is 0. The maximum atomic E-state index is 12.9. The number of carbonyl (C=O) groups is 1. The van der Waals surface area contributed by atoms with Gasteiger partial charge in [-0.25, -0.2) is 0 Å². The van der Waals surface area contributed by atoms with Gasteiger partial charge in [-0.3, -0.25) is 9.89 Å². The van der Waals surface area contributed by atoms with Crippen LogP contribution in [0, 0.1) is 6.92 Å². The molecule has 2 aromatic heterocycles. The van der Waals surface area contributed by atoms with Crippen LogP contribution in [0.5, 0.6) is 0 Å². The number of H-pyrrole nitrogens is 1. The van der Waals surface area contributed by atoms with E-state index in [1.807, 2.05) is 11.1 Å². The highest BCUT2D eigenvalue weighted by molar-refractivity contribution is 5.94. The first kappa shape index (κ1) is 14.5. The highest BCUT2D eigenvalue weighted by Crippen LogP contribution is 2.30. The van der Waals surface area contributed by atoms with Crippen LogP contribution in [0.25, 0.3) is 0 Å². The van der Waals surface area contributed by atoms with Crippen molar-refractivity contribution in [1.82, 2.24) is 20.3 Å². The van der Waals surface area contributed by atoms with Gasteiger partial charge in [-0.2, -0.15) is 5.10 Å². The fraction of sp³-hybridized carbons (Fsp3) is 0.588. The Kier molecular flexibility index (Phi) is 3.67. The molecule has 6 heteroatoms. The Bertz CT molecular complexity index is 718. The van der Waals surface area contributed by atoms with Crippen LogP contribution in [0.1, 0.15) is 64.7 Å². The molecule has 1 fully saturated rings. The van der Waals surface area contributed by atoms with Crippen LogP contribution in [0.2, 0.25) is 0 Å². The fourth-order valence-electron chi connectivity index (χ4n) is 3.87. The van der Waals surface area contributed by atoms with E-state index in [1.54, 1.807) is 0 Å². The number of aromatic amines is 1. The average molecular weight is 314 g/mol. The second kappa shape index (κ2) is 5.83. The van der Waals surface area contributed by atoms with E-state index in [-0.39, 0.29) is 5.91 Å². The lowest BCUT2D eigenvalue weighted by molar-refractivity contribution is 0.0694. The number of fused-ring (bicyclic) bond motifs is 1. The van der Waals surface area contributed by atoms with Crippen molar-refractivity contribution in [3.63, 3.8) is 0 Å². The fourth-order valence-corrected chi connectivity index (χ4v) is 3.87. The van der Waals surface area contributed by atoms with Crippen LogP contribution >= 0.6 is 0 Å². The number of aryl methyl sites for hydroxylation is 2. The molecule has 2 aromatic rings. The monoisotopic (exact) mass is 314 g/mol. The van der Waals surface area contributed by atoms with E-state index >= 15 is 0 Å². The Morgan fingerprint density at radius 1 is 1.35 bits per heavy atom. The predicted octanol–water partition coefficient (Wildman–Crippen LogP) is 2.60. The van der Waals surface area contributed by atoms with Crippen molar-refractivity contribution >= 4 is 5.91 Å². The second-order valence-corrected chi connectivity index (χ2v) is 6.70. The summed E-state index contributed by atoms with van der Waals surface area (Å²) in [4.78, 5) is 14.8. The molecular formula is C17H22N4O2. The quantitative estimate of drug-likeness (QED) is 0.924. The summed E-state index contributed by atoms with van der Waals surface area (Å²) in [6.45, 7) is 3.58. The first-order valence-corrected chi connectivity index (χ1v) is 8.50. The lowest BCUT2D eigenvalue weighted by atomic mass is 9.92. The van der Waals surface area contributed by atoms with Crippen molar-refractivity contribution in [2.45, 2.75) is 51.4 Å². The molecule has 4 rings (SSSR count). The van der Waals surface area contributed by atoms with Crippen LogP contribution in [0.3, 0.4) is 0 Å². The molecule has 3 heterocycles. The van der Waals surface area contributed by atoms with Crippen molar-refractivity contribution < 1.29 is 9.32 Å². The number of aromatic nitrogens is 3. The number of hydrogen-bond acceptors (Lipinski definition) is 4. The number of nitrogens with zero attached hydrogens (tertiary/aromatic N) is 3. The van der Waals surface area contributed by atoms with Gasteiger partial charge >= 0.3 is 0 Å². The maximum absolute atomic E-state index is 12.9. The van der Waals surface area contributed by atoms with Crippen LogP contribution in [-0.4, -0.2) is 39.3 Å². The van der Waals surface area contributed by atoms with Crippen molar-refractivity contribution in [3.05, 3.63) is 34.5 Å². The van der Waals surface area contributed by atoms with Gasteiger partial charge in [-0.1, -0.05) is 5.16 Å². The molecule has 2 aliphatic rings. The molecule has 0 saturated carbocycles. The van der Waals surface area contributed by atoms with Gasteiger partial charge < -0.3 is 9.42 Å². The van der Waals surface area contributed by atoms with Crippen molar-refractivity contribution in [2.75, 3.05) is 13.1 Å². The van der Waals surface area contributed by atoms with Gasteiger partial charge in [0.15, 0.2) is 5.69 Å². The van der Waals surface area contributed by atoms with Crippen molar-refractivity contribution in [2.24, 2.45) is 0 Å². The third-order valence-corrected chi connectivity index (χ3v) is 5.14. The molecule has 6 nitrogen and oxygen atoms in total. The SMILES string of the molecule is Cc1cn[nH]c1[C@@H]1CCCN(C(=O)c2noc3c2CCCC3)C1. The third-order valence-electron chi connectivity index (χ3n) is 5.14. The van der Waals surface area contributed by atoms with E-state index < -0.39 is 0 Å². The van der Waals surface area contributed by atoms with Crippen LogP contribution in [0.4, 0.5) is 0 Å². The zero-order chi connectivity index (χ0) is 15.8. The zero-order valence-corrected chi connectivity index (χ0v) is 13.5. The summed E-state index contributed by atoms with van der Waals surface area (Å²) in [6, 6.07) is 0. The smallest absolute Gasteiger partial charge is 0.276 e. The first-order chi connectivity index (χ1) is 11.2. The highest BCUT2D eigenvalue weighted by atomic mass is 16.5. The van der Waals surface area contributed by atoms with Gasteiger partial charge in [-0.05, 0) is 44.6 Å². The Morgan fingerprint density at radius 2 is 2.22 bits per heavy atom. The van der Waals surface area contributed by atoms with Gasteiger partial charge in [0.1, 0.15) is 5.76 Å². The van der Waals surface area contributed by atoms with Crippen molar-refractivity contribution in [1.29, 1.82) is 0 Å². The summed E-state index contributed by atoms with van der Waals surface area (Å²) in [5, 5.41) is 11.3. The summed E-state index contributed by atoms with van der Waals surface area (Å²) in [6.07, 6.45) is 8.01. The minimum absolute atomic E-state index is 0.0266. The minimum atomic E-state index is 0.0266. The van der Waals surface area contributed by atoms with E-state index in [1.165, 1.54) is 5.56 Å². The Morgan fingerprint density at radius 3 is 3.04 bits per heavy atom. The number of carbonyl (C=O) groups excluding carboxylic acids is 1. The molecule has 0 unspecified atom stereocenters. The highest BCUT2D eigenvalue weighted by Gasteiger charge is 2.31. The van der Waals surface area contributed by atoms with E-state index in [2.05, 4.69) is 22.3 Å². The van der Waals surface area contributed by atoms with E-state index in [9.17, 15) is 4.79 Å². The van der Waals surface area contributed by atoms with Gasteiger partial charge in [0.25, 0.3) is 5.91 Å². The third kappa shape index (κ3) is 2.56. The lowest BCUT2D eigenvalue weighted by Crippen LogP contribution is -2.40. The van der Waals surface area contributed by atoms with Gasteiger partial charge in [0.2, 0.25) is 0 Å². The number of hydrogen-bond donors (Lipinski definition) is 1. The largest absolute Gasteiger partial charge is 0.360 e. The summed E-state index contributed by atoms with van der Waals surface area (Å²) in [5.41, 5.74) is 3.91. The van der Waals surface area contributed by atoms with Crippen molar-refractivity contribution in [3.8, 4) is 0 Å². The number of amides is 1. The summed E-state index contributed by atoms with van der Waals surface area (Å²) < 4.78 is 5.40. The molecule has 0 radical (unpaired) electrons. The van der Waals surface area contributed by atoms with Gasteiger partial charge in [-0.15, -0.1) is 0 Å². The molecule has 1 N–H and O–H groups in total. The van der Waals surface area contributed by atoms with E-state index in [4.69, 9.17) is 4.52 Å². The van der Waals surface area contributed by atoms with Gasteiger partial charge in [0, 0.05) is 36.7 Å². The molecule has 122 valence electrons. The zero-order valence-electron chi connectivity index (χ0n) is 13.5. The van der Waals surface area contributed by atoms with Gasteiger partial charge in [0.05, 0.1) is 6.20 Å². The Labute approximate surface area is 135 Å². The summed E-state index contributed by atoms with van der Waals surface area (Å²) in [5.74, 6) is 1.27. The first-order valence-electron chi connectivity index (χ1n) is 8.50. The minimum Gasteiger partial charge on any atom is -0.360 e. The maximum Gasteiger partial charge on any atom is 0.276 e. The van der Waals surface area contributed by atoms with E-state index in [0.29, 0.717) is 11.6 Å². The molecule has 1 aliphatic carbocycles. The molecule has 0 aromatic carbocycles. The molecule has 23 heavy (non-hydrogen) atoms. The number of nitrogens with one attached hydrogen (secondary N) is 1. The molecule has 1 saturated heterocycles. The Hall–Kier alpha value is -2.11. The molecule has 0 bridgehead atoms. The van der Waals surface area contributed by atoms with E-state index in [0.717, 1.165) is 68.6 Å². The van der Waals surface area contributed by atoms with Crippen LogP contribution < -0.4 is 0 Å². The molecule has 1 amide bonds. The number of likely N-dealkylation sites (tertiary alicyclic amines) is 1. The Balaban J connectivity index is 1.54. The molecule has 1 aliphatic heterocycles. The summed E-state index contributed by atoms with van der Waals surface area (Å²) >= 11 is 0. The lowest BCUT2D eigenvalue weighted by Gasteiger charge is -2.32. The standard InChI is InChI=1S/C17H22N4O2/c1-11-9-18-19-15(11)12-5-4-8-21(10-12)17(22)16-13-6-2-3-7-14(13)23-20-16/h9,12H,2-8,10H2,1H3,(H,18,19)/t12-/m1/s1. The predicted molar refractivity (Wildman–Crippen MR) is 84.3 cm³/mol. The topological polar surface area (TPSA) is 75.0 Å². The number of rotatable bonds is 2. The van der Waals surface area contributed by atoms with Crippen LogP contribution in [0.15, 0.2) is 10.7 Å². The second-order valence-electron chi connectivity index (χ2n) is 6.70. The van der Waals surface area contributed by atoms with Crippen LogP contribution in [-0.2, 0) is 12.8 Å². The number of piperidine rings is 1. The molecular weight excluding hydrogens is 292 g/mol. The average Bonchev–Trinajstić information content (AvgIpc) is 3.20. The molecule has 1 atom stereocenters. The molecule has 0 spiro atoms. The normalized spacial score (nSPS) is 21.3.